The number of likely N-dealkylation sites (N-methyl/N-ethyl adjacent to an activating group) is 1. The van der Waals surface area contributed by atoms with Gasteiger partial charge in [0.05, 0.1) is 27.6 Å². The summed E-state index contributed by atoms with van der Waals surface area (Å²) in [5.74, 6) is -0.723. The topological polar surface area (TPSA) is 52.6 Å². The number of esters is 2. The molecule has 0 fully saturated rings. The van der Waals surface area contributed by atoms with Crippen molar-refractivity contribution in [3.05, 3.63) is 0 Å². The summed E-state index contributed by atoms with van der Waals surface area (Å²) in [6, 6.07) is 0. The molecule has 1 atom stereocenters. The van der Waals surface area contributed by atoms with Gasteiger partial charge in [-0.15, -0.1) is 0 Å². The van der Waals surface area contributed by atoms with Crippen LogP contribution in [0.5, 0.6) is 0 Å². The molecule has 5 nitrogen and oxygen atoms in total. The molecular formula is C13H26NO4+. The van der Waals surface area contributed by atoms with Gasteiger partial charge in [-0.3, -0.25) is 9.59 Å². The van der Waals surface area contributed by atoms with Crippen LogP contribution in [0.15, 0.2) is 0 Å². The lowest BCUT2D eigenvalue weighted by Gasteiger charge is -2.29. The third-order valence-electron chi connectivity index (χ3n) is 1.90. The molecule has 0 aromatic rings. The van der Waals surface area contributed by atoms with E-state index in [1.807, 2.05) is 41.9 Å². The number of carbonyl (C=O) groups is 2. The largest absolute Gasteiger partial charge is 0.460 e. The van der Waals surface area contributed by atoms with Crippen LogP contribution in [0.4, 0.5) is 0 Å². The first-order chi connectivity index (χ1) is 7.89. The van der Waals surface area contributed by atoms with Gasteiger partial charge in [-0.1, -0.05) is 0 Å². The summed E-state index contributed by atoms with van der Waals surface area (Å²) in [4.78, 5) is 22.7. The number of hydrogen-bond donors (Lipinski definition) is 0. The second-order valence-electron chi connectivity index (χ2n) is 6.49. The van der Waals surface area contributed by atoms with Crippen LogP contribution < -0.4 is 0 Å². The molecule has 5 heteroatoms. The molecule has 0 spiro atoms. The monoisotopic (exact) mass is 260 g/mol. The number of ether oxygens (including phenoxy) is 2. The van der Waals surface area contributed by atoms with Gasteiger partial charge in [-0.05, 0) is 20.8 Å². The fourth-order valence-corrected chi connectivity index (χ4v) is 1.56. The minimum absolute atomic E-state index is 0.0897. The predicted octanol–water partition coefficient (Wildman–Crippen LogP) is 1.36. The second-order valence-corrected chi connectivity index (χ2v) is 6.49. The Labute approximate surface area is 110 Å². The van der Waals surface area contributed by atoms with E-state index in [9.17, 15) is 9.59 Å². The van der Waals surface area contributed by atoms with Crippen LogP contribution in [0.25, 0.3) is 0 Å². The minimum atomic E-state index is -0.519. The highest BCUT2D eigenvalue weighted by molar-refractivity contribution is 5.71. The van der Waals surface area contributed by atoms with E-state index >= 15 is 0 Å². The molecule has 1 unspecified atom stereocenters. The molecule has 0 bridgehead atoms. The quantitative estimate of drug-likeness (QED) is 0.553. The zero-order chi connectivity index (χ0) is 14.6. The van der Waals surface area contributed by atoms with Gasteiger partial charge in [-0.25, -0.2) is 0 Å². The maximum atomic E-state index is 11.7. The van der Waals surface area contributed by atoms with E-state index in [1.165, 1.54) is 6.92 Å². The molecule has 0 N–H and O–H groups in total. The fraction of sp³-hybridized carbons (Fsp3) is 0.846. The van der Waals surface area contributed by atoms with Crippen LogP contribution in [0.1, 0.15) is 34.1 Å². The molecule has 0 rings (SSSR count). The number of rotatable bonds is 5. The summed E-state index contributed by atoms with van der Waals surface area (Å²) in [7, 11) is 5.93. The van der Waals surface area contributed by atoms with E-state index in [-0.39, 0.29) is 18.4 Å². The van der Waals surface area contributed by atoms with E-state index in [0.29, 0.717) is 11.0 Å². The Morgan fingerprint density at radius 1 is 1.17 bits per heavy atom. The summed E-state index contributed by atoms with van der Waals surface area (Å²) in [6.07, 6.45) is -0.357. The van der Waals surface area contributed by atoms with Crippen molar-refractivity contribution >= 4 is 11.9 Å². The predicted molar refractivity (Wildman–Crippen MR) is 68.9 cm³/mol. The molecule has 0 aromatic carbocycles. The molecule has 0 heterocycles. The molecule has 0 saturated carbocycles. The average Bonchev–Trinajstić information content (AvgIpc) is 1.92. The lowest BCUT2D eigenvalue weighted by molar-refractivity contribution is -0.873. The van der Waals surface area contributed by atoms with E-state index in [1.54, 1.807) is 0 Å². The van der Waals surface area contributed by atoms with Gasteiger partial charge in [0.25, 0.3) is 0 Å². The summed E-state index contributed by atoms with van der Waals surface area (Å²) >= 11 is 0. The smallest absolute Gasteiger partial charge is 0.310 e. The van der Waals surface area contributed by atoms with Crippen molar-refractivity contribution in [1.29, 1.82) is 0 Å². The molecule has 0 aliphatic carbocycles. The first-order valence-electron chi connectivity index (χ1n) is 6.08. The molecule has 0 saturated heterocycles. The van der Waals surface area contributed by atoms with Crippen LogP contribution in [0, 0.1) is 0 Å². The highest BCUT2D eigenvalue weighted by atomic mass is 16.6. The molecule has 0 aliphatic heterocycles. The Bertz CT molecular complexity index is 299. The van der Waals surface area contributed by atoms with Gasteiger partial charge in [0.15, 0.2) is 6.10 Å². The minimum Gasteiger partial charge on any atom is -0.460 e. The van der Waals surface area contributed by atoms with E-state index < -0.39 is 11.7 Å². The standard InChI is InChI=1S/C13H26NO4/c1-10(15)17-11(9-14(5,6)7)8-12(16)18-13(2,3)4/h11H,8-9H2,1-7H3/q+1. The lowest BCUT2D eigenvalue weighted by Crippen LogP contribution is -2.44. The Morgan fingerprint density at radius 2 is 1.67 bits per heavy atom. The van der Waals surface area contributed by atoms with Gasteiger partial charge in [0.2, 0.25) is 0 Å². The van der Waals surface area contributed by atoms with Gasteiger partial charge >= 0.3 is 11.9 Å². The third kappa shape index (κ3) is 10.1. The van der Waals surface area contributed by atoms with Gasteiger partial charge in [0, 0.05) is 6.92 Å². The maximum absolute atomic E-state index is 11.7. The molecule has 0 aliphatic rings. The van der Waals surface area contributed by atoms with Gasteiger partial charge in [0.1, 0.15) is 12.1 Å². The van der Waals surface area contributed by atoms with Crippen molar-refractivity contribution in [1.82, 2.24) is 0 Å². The Morgan fingerprint density at radius 3 is 2.00 bits per heavy atom. The molecule has 0 radical (unpaired) electrons. The van der Waals surface area contributed by atoms with E-state index in [2.05, 4.69) is 0 Å². The number of hydrogen-bond acceptors (Lipinski definition) is 4. The zero-order valence-corrected chi connectivity index (χ0v) is 12.6. The second kappa shape index (κ2) is 6.18. The fourth-order valence-electron chi connectivity index (χ4n) is 1.56. The van der Waals surface area contributed by atoms with Gasteiger partial charge in [-0.2, -0.15) is 0 Å². The Kier molecular flexibility index (Phi) is 5.80. The lowest BCUT2D eigenvalue weighted by atomic mass is 10.2. The van der Waals surface area contributed by atoms with Crippen molar-refractivity contribution < 1.29 is 23.5 Å². The highest BCUT2D eigenvalue weighted by Gasteiger charge is 2.26. The highest BCUT2D eigenvalue weighted by Crippen LogP contribution is 2.12. The Hall–Kier alpha value is -1.10. The van der Waals surface area contributed by atoms with Crippen LogP contribution in [-0.2, 0) is 19.1 Å². The average molecular weight is 260 g/mol. The van der Waals surface area contributed by atoms with Crippen molar-refractivity contribution in [2.75, 3.05) is 27.7 Å². The van der Waals surface area contributed by atoms with Crippen LogP contribution in [-0.4, -0.2) is 55.8 Å². The zero-order valence-electron chi connectivity index (χ0n) is 12.6. The first-order valence-corrected chi connectivity index (χ1v) is 6.08. The van der Waals surface area contributed by atoms with Crippen molar-refractivity contribution in [2.45, 2.75) is 45.8 Å². The number of carbonyl (C=O) groups excluding carboxylic acids is 2. The van der Waals surface area contributed by atoms with Crippen molar-refractivity contribution in [2.24, 2.45) is 0 Å². The summed E-state index contributed by atoms with van der Waals surface area (Å²) in [6.45, 7) is 7.35. The molecule has 106 valence electrons. The number of nitrogens with zero attached hydrogens (tertiary/aromatic N) is 1. The SMILES string of the molecule is CC(=O)OC(CC(=O)OC(C)(C)C)C[N+](C)(C)C. The molecular weight excluding hydrogens is 234 g/mol. The third-order valence-corrected chi connectivity index (χ3v) is 1.90. The first kappa shape index (κ1) is 16.9. The Balaban J connectivity index is 4.50. The van der Waals surface area contributed by atoms with Gasteiger partial charge < -0.3 is 14.0 Å². The van der Waals surface area contributed by atoms with E-state index in [0.717, 1.165) is 0 Å². The molecule has 0 aromatic heterocycles. The molecule has 18 heavy (non-hydrogen) atoms. The normalized spacial score (nSPS) is 13.9. The summed E-state index contributed by atoms with van der Waals surface area (Å²) in [5, 5.41) is 0. The van der Waals surface area contributed by atoms with Crippen LogP contribution in [0.2, 0.25) is 0 Å². The number of quaternary nitrogens is 1. The van der Waals surface area contributed by atoms with Crippen LogP contribution in [0.3, 0.4) is 0 Å². The van der Waals surface area contributed by atoms with Crippen molar-refractivity contribution in [3.8, 4) is 0 Å². The molecule has 0 amide bonds. The van der Waals surface area contributed by atoms with E-state index in [4.69, 9.17) is 9.47 Å². The van der Waals surface area contributed by atoms with Crippen molar-refractivity contribution in [3.63, 3.8) is 0 Å². The summed E-state index contributed by atoms with van der Waals surface area (Å²) < 4.78 is 11.0. The summed E-state index contributed by atoms with van der Waals surface area (Å²) in [5.41, 5.74) is -0.519. The van der Waals surface area contributed by atoms with Crippen LogP contribution >= 0.6 is 0 Å². The maximum Gasteiger partial charge on any atom is 0.310 e.